The van der Waals surface area contributed by atoms with E-state index in [2.05, 4.69) is 10.2 Å². The van der Waals surface area contributed by atoms with Crippen LogP contribution in [0, 0.1) is 0 Å². The zero-order chi connectivity index (χ0) is 27.2. The molecule has 3 aromatic carbocycles. The Balaban J connectivity index is 1.28. The number of ether oxygens (including phenoxy) is 1. The zero-order valence-corrected chi connectivity index (χ0v) is 23.3. The van der Waals surface area contributed by atoms with Gasteiger partial charge in [0.05, 0.1) is 22.7 Å². The highest BCUT2D eigenvalue weighted by Crippen LogP contribution is 2.37. The molecule has 0 N–H and O–H groups in total. The average Bonchev–Trinajstić information content (AvgIpc) is 3.72. The zero-order valence-electron chi connectivity index (χ0n) is 21.0. The molecular weight excluding hydrogens is 565 g/mol. The van der Waals surface area contributed by atoms with Gasteiger partial charge in [-0.2, -0.15) is 9.61 Å². The number of fused-ring (bicyclic) bond motifs is 2. The quantitative estimate of drug-likeness (QED) is 0.196. The van der Waals surface area contributed by atoms with Gasteiger partial charge in [0.15, 0.2) is 11.6 Å². The van der Waals surface area contributed by atoms with Crippen LogP contribution in [0.25, 0.3) is 49.2 Å². The third-order valence-corrected chi connectivity index (χ3v) is 8.26. The van der Waals surface area contributed by atoms with Crippen LogP contribution < -0.4 is 4.74 Å². The van der Waals surface area contributed by atoms with E-state index in [0.717, 1.165) is 49.1 Å². The lowest BCUT2D eigenvalue weighted by atomic mass is 10.1. The first-order valence-corrected chi connectivity index (χ1v) is 13.9. The number of hydrogen-bond acceptors (Lipinski definition) is 7. The summed E-state index contributed by atoms with van der Waals surface area (Å²) in [4.78, 5) is 5.61. The van der Waals surface area contributed by atoms with Crippen molar-refractivity contribution in [2.75, 3.05) is 7.11 Å². The molecule has 7 nitrogen and oxygen atoms in total. The highest BCUT2D eigenvalue weighted by atomic mass is 35.5. The minimum Gasteiger partial charge on any atom is -0.497 e. The molecule has 196 valence electrons. The van der Waals surface area contributed by atoms with Crippen molar-refractivity contribution in [1.82, 2.24) is 24.8 Å². The van der Waals surface area contributed by atoms with Crippen LogP contribution in [-0.2, 0) is 6.42 Å². The molecule has 0 aliphatic carbocycles. The van der Waals surface area contributed by atoms with Gasteiger partial charge >= 0.3 is 0 Å². The minimum absolute atomic E-state index is 0.470. The van der Waals surface area contributed by atoms with Gasteiger partial charge in [-0.05, 0) is 60.2 Å². The summed E-state index contributed by atoms with van der Waals surface area (Å²) in [7, 11) is 1.66. The maximum absolute atomic E-state index is 6.23. The Bertz CT molecular complexity index is 2010. The monoisotopic (exact) mass is 583 g/mol. The van der Waals surface area contributed by atoms with Crippen LogP contribution in [0.1, 0.15) is 11.4 Å². The third-order valence-electron chi connectivity index (χ3n) is 6.59. The summed E-state index contributed by atoms with van der Waals surface area (Å²) in [6, 6.07) is 27.1. The molecule has 0 unspecified atom stereocenters. The first-order valence-electron chi connectivity index (χ1n) is 12.4. The van der Waals surface area contributed by atoms with Crippen LogP contribution in [0.15, 0.2) is 89.3 Å². The number of hydrogen-bond donors (Lipinski definition) is 0. The highest BCUT2D eigenvalue weighted by molar-refractivity contribution is 7.19. The minimum atomic E-state index is 0.470. The first kappa shape index (κ1) is 24.8. The van der Waals surface area contributed by atoms with Gasteiger partial charge in [0, 0.05) is 22.9 Å². The van der Waals surface area contributed by atoms with Crippen LogP contribution in [0.5, 0.6) is 5.75 Å². The fraction of sp³-hybridized carbons (Fsp3) is 0.0667. The summed E-state index contributed by atoms with van der Waals surface area (Å²) < 4.78 is 13.3. The standard InChI is InChI=1S/C30H19Cl2N5O2S/c1-38-19-9-6-17(7-10-19)14-28-34-35-30-37(28)36-29(40-30)21-16-25(33-24-5-3-2-4-20(21)24)27-13-12-26(39-27)18-8-11-22(31)23(32)15-18/h2-13,15-16H,14H2,1H3. The molecule has 10 heteroatoms. The molecule has 0 aliphatic heterocycles. The number of nitrogens with zero attached hydrogens (tertiary/aromatic N) is 5. The lowest BCUT2D eigenvalue weighted by Gasteiger charge is -2.06. The smallest absolute Gasteiger partial charge is 0.234 e. The van der Waals surface area contributed by atoms with Crippen molar-refractivity contribution in [2.24, 2.45) is 0 Å². The molecule has 0 spiro atoms. The molecule has 0 saturated heterocycles. The second kappa shape index (κ2) is 10.1. The molecule has 4 heterocycles. The summed E-state index contributed by atoms with van der Waals surface area (Å²) in [6.45, 7) is 0. The maximum Gasteiger partial charge on any atom is 0.234 e. The molecular formula is C30H19Cl2N5O2S. The SMILES string of the molecule is COc1ccc(Cc2nnc3sc(-c4cc(-c5ccc(-c6ccc(Cl)c(Cl)c6)o5)nc5ccccc45)nn23)cc1. The van der Waals surface area contributed by atoms with Crippen molar-refractivity contribution in [1.29, 1.82) is 0 Å². The fourth-order valence-corrected chi connectivity index (χ4v) is 5.75. The molecule has 0 fully saturated rings. The van der Waals surface area contributed by atoms with Crippen LogP contribution >= 0.6 is 34.5 Å². The number of para-hydroxylation sites is 1. The summed E-state index contributed by atoms with van der Waals surface area (Å²) in [6.07, 6.45) is 0.598. The summed E-state index contributed by atoms with van der Waals surface area (Å²) >= 11 is 13.8. The molecule has 7 aromatic rings. The van der Waals surface area contributed by atoms with E-state index in [9.17, 15) is 0 Å². The Morgan fingerprint density at radius 1 is 0.875 bits per heavy atom. The number of halogens is 2. The van der Waals surface area contributed by atoms with E-state index in [0.29, 0.717) is 33.7 Å². The Labute approximate surface area is 242 Å². The topological polar surface area (TPSA) is 78.3 Å². The fourth-order valence-electron chi connectivity index (χ4n) is 4.56. The van der Waals surface area contributed by atoms with Crippen molar-refractivity contribution in [2.45, 2.75) is 6.42 Å². The van der Waals surface area contributed by atoms with E-state index in [1.54, 1.807) is 19.2 Å². The summed E-state index contributed by atoms with van der Waals surface area (Å²) in [5.41, 5.74) is 4.41. The molecule has 0 radical (unpaired) electrons. The van der Waals surface area contributed by atoms with E-state index in [-0.39, 0.29) is 0 Å². The lowest BCUT2D eigenvalue weighted by Crippen LogP contribution is -1.98. The Hall–Kier alpha value is -4.24. The molecule has 0 atom stereocenters. The predicted octanol–water partition coefficient (Wildman–Crippen LogP) is 8.23. The van der Waals surface area contributed by atoms with Crippen molar-refractivity contribution < 1.29 is 9.15 Å². The number of pyridine rings is 1. The van der Waals surface area contributed by atoms with Gasteiger partial charge in [-0.15, -0.1) is 10.2 Å². The third kappa shape index (κ3) is 4.50. The van der Waals surface area contributed by atoms with E-state index in [1.165, 1.54) is 11.3 Å². The molecule has 0 aliphatic rings. The molecule has 0 saturated carbocycles. The number of aromatic nitrogens is 5. The van der Waals surface area contributed by atoms with Crippen LogP contribution in [0.4, 0.5) is 0 Å². The molecule has 7 rings (SSSR count). The number of furan rings is 1. The first-order chi connectivity index (χ1) is 19.6. The van der Waals surface area contributed by atoms with Gasteiger partial charge in [-0.3, -0.25) is 0 Å². The van der Waals surface area contributed by atoms with Gasteiger partial charge in [-0.25, -0.2) is 4.98 Å². The van der Waals surface area contributed by atoms with Gasteiger partial charge < -0.3 is 9.15 Å². The second-order valence-corrected chi connectivity index (χ2v) is 10.9. The van der Waals surface area contributed by atoms with E-state index >= 15 is 0 Å². The Morgan fingerprint density at radius 2 is 1.70 bits per heavy atom. The Morgan fingerprint density at radius 3 is 2.52 bits per heavy atom. The van der Waals surface area contributed by atoms with Crippen molar-refractivity contribution in [3.05, 3.63) is 106 Å². The molecule has 0 bridgehead atoms. The van der Waals surface area contributed by atoms with Gasteiger partial charge in [0.25, 0.3) is 0 Å². The maximum atomic E-state index is 6.23. The molecule has 40 heavy (non-hydrogen) atoms. The van der Waals surface area contributed by atoms with Crippen LogP contribution in [0.3, 0.4) is 0 Å². The van der Waals surface area contributed by atoms with Crippen molar-refractivity contribution in [3.8, 4) is 39.1 Å². The van der Waals surface area contributed by atoms with E-state index in [1.807, 2.05) is 77.3 Å². The molecule has 4 aromatic heterocycles. The van der Waals surface area contributed by atoms with E-state index < -0.39 is 0 Å². The van der Waals surface area contributed by atoms with E-state index in [4.69, 9.17) is 42.4 Å². The van der Waals surface area contributed by atoms with Crippen molar-refractivity contribution >= 4 is 50.4 Å². The Kier molecular flexibility index (Phi) is 6.23. The van der Waals surface area contributed by atoms with Gasteiger partial charge in [0.1, 0.15) is 22.2 Å². The summed E-state index contributed by atoms with van der Waals surface area (Å²) in [5, 5.41) is 16.5. The average molecular weight is 584 g/mol. The van der Waals surface area contributed by atoms with Crippen LogP contribution in [0.2, 0.25) is 10.0 Å². The highest BCUT2D eigenvalue weighted by Gasteiger charge is 2.18. The second-order valence-electron chi connectivity index (χ2n) is 9.11. The van der Waals surface area contributed by atoms with Crippen LogP contribution in [-0.4, -0.2) is 31.9 Å². The number of rotatable bonds is 6. The predicted molar refractivity (Wildman–Crippen MR) is 158 cm³/mol. The molecule has 0 amide bonds. The number of benzene rings is 3. The normalized spacial score (nSPS) is 11.5. The number of methoxy groups -OCH3 is 1. The van der Waals surface area contributed by atoms with Gasteiger partial charge in [0.2, 0.25) is 4.96 Å². The summed E-state index contributed by atoms with van der Waals surface area (Å²) in [5.74, 6) is 2.88. The van der Waals surface area contributed by atoms with Crippen molar-refractivity contribution in [3.63, 3.8) is 0 Å². The van der Waals surface area contributed by atoms with Gasteiger partial charge in [-0.1, -0.05) is 64.9 Å². The lowest BCUT2D eigenvalue weighted by molar-refractivity contribution is 0.414. The largest absolute Gasteiger partial charge is 0.497 e.